The van der Waals surface area contributed by atoms with E-state index in [0.717, 1.165) is 18.2 Å². The number of halogens is 2. The van der Waals surface area contributed by atoms with Crippen molar-refractivity contribution in [1.29, 1.82) is 0 Å². The zero-order valence-electron chi connectivity index (χ0n) is 9.15. The Kier molecular flexibility index (Phi) is 4.71. The minimum Gasteiger partial charge on any atom is -0.361 e. The van der Waals surface area contributed by atoms with Crippen LogP contribution in [0.5, 0.6) is 0 Å². The van der Waals surface area contributed by atoms with Crippen LogP contribution in [0.25, 0.3) is 0 Å². The molecule has 92 valence electrons. The van der Waals surface area contributed by atoms with E-state index < -0.39 is 23.1 Å². The number of ether oxygens (including phenoxy) is 1. The molecule has 0 saturated carbocycles. The Balaban J connectivity index is 2.97. The first-order valence-corrected chi connectivity index (χ1v) is 4.89. The van der Waals surface area contributed by atoms with Crippen LogP contribution in [-0.4, -0.2) is 30.6 Å². The SMILES string of the molecule is CCOCN(C=O)C(=O)c1c(F)cccc1F. The number of nitrogens with zero attached hydrogens (tertiary/aromatic N) is 1. The largest absolute Gasteiger partial charge is 0.361 e. The second kappa shape index (κ2) is 6.05. The van der Waals surface area contributed by atoms with Gasteiger partial charge in [0.05, 0.1) is 0 Å². The molecule has 1 rings (SSSR count). The minimum atomic E-state index is -1.07. The van der Waals surface area contributed by atoms with Crippen molar-refractivity contribution in [2.75, 3.05) is 13.3 Å². The fourth-order valence-corrected chi connectivity index (χ4v) is 1.17. The number of carbonyl (C=O) groups excluding carboxylic acids is 2. The van der Waals surface area contributed by atoms with E-state index in [1.54, 1.807) is 6.92 Å². The second-order valence-electron chi connectivity index (χ2n) is 3.10. The lowest BCUT2D eigenvalue weighted by molar-refractivity contribution is -0.119. The molecule has 1 aromatic carbocycles. The van der Waals surface area contributed by atoms with Crippen LogP contribution >= 0.6 is 0 Å². The van der Waals surface area contributed by atoms with Crippen LogP contribution in [0.15, 0.2) is 18.2 Å². The molecule has 0 spiro atoms. The number of hydrogen-bond donors (Lipinski definition) is 0. The number of amides is 2. The first-order valence-electron chi connectivity index (χ1n) is 4.89. The Bertz CT molecular complexity index is 403. The molecular weight excluding hydrogens is 232 g/mol. The lowest BCUT2D eigenvalue weighted by Crippen LogP contribution is -2.33. The van der Waals surface area contributed by atoms with Crippen molar-refractivity contribution in [2.24, 2.45) is 0 Å². The van der Waals surface area contributed by atoms with Crippen LogP contribution in [0.2, 0.25) is 0 Å². The van der Waals surface area contributed by atoms with Crippen molar-refractivity contribution in [3.63, 3.8) is 0 Å². The topological polar surface area (TPSA) is 46.6 Å². The lowest BCUT2D eigenvalue weighted by Gasteiger charge is -2.15. The summed E-state index contributed by atoms with van der Waals surface area (Å²) in [6, 6.07) is 3.02. The van der Waals surface area contributed by atoms with E-state index >= 15 is 0 Å². The van der Waals surface area contributed by atoms with Gasteiger partial charge in [-0.3, -0.25) is 14.5 Å². The number of hydrogen-bond acceptors (Lipinski definition) is 3. The minimum absolute atomic E-state index is 0.171. The molecule has 0 N–H and O–H groups in total. The van der Waals surface area contributed by atoms with Crippen LogP contribution in [-0.2, 0) is 9.53 Å². The normalized spacial score (nSPS) is 10.1. The van der Waals surface area contributed by atoms with Crippen molar-refractivity contribution < 1.29 is 23.1 Å². The number of benzene rings is 1. The summed E-state index contributed by atoms with van der Waals surface area (Å²) in [5.41, 5.74) is -0.765. The molecule has 0 bridgehead atoms. The predicted molar refractivity (Wildman–Crippen MR) is 55.1 cm³/mol. The highest BCUT2D eigenvalue weighted by atomic mass is 19.1. The monoisotopic (exact) mass is 243 g/mol. The first-order chi connectivity index (χ1) is 8.11. The average molecular weight is 243 g/mol. The van der Waals surface area contributed by atoms with Crippen LogP contribution in [0.3, 0.4) is 0 Å². The summed E-state index contributed by atoms with van der Waals surface area (Å²) >= 11 is 0. The highest BCUT2D eigenvalue weighted by Gasteiger charge is 2.22. The molecule has 0 aliphatic heterocycles. The fraction of sp³-hybridized carbons (Fsp3) is 0.273. The van der Waals surface area contributed by atoms with Gasteiger partial charge in [-0.15, -0.1) is 0 Å². The van der Waals surface area contributed by atoms with Gasteiger partial charge >= 0.3 is 0 Å². The van der Waals surface area contributed by atoms with Gasteiger partial charge in [-0.25, -0.2) is 8.78 Å². The Morgan fingerprint density at radius 1 is 1.41 bits per heavy atom. The molecular formula is C11H11F2NO3. The molecule has 2 amide bonds. The van der Waals surface area contributed by atoms with Gasteiger partial charge in [-0.1, -0.05) is 6.07 Å². The third-order valence-corrected chi connectivity index (χ3v) is 2.00. The predicted octanol–water partition coefficient (Wildman–Crippen LogP) is 1.56. The van der Waals surface area contributed by atoms with Crippen molar-refractivity contribution in [3.8, 4) is 0 Å². The standard InChI is InChI=1S/C11H11F2NO3/c1-2-17-7-14(6-15)11(16)10-8(12)4-3-5-9(10)13/h3-6H,2,7H2,1H3. The van der Waals surface area contributed by atoms with E-state index in [-0.39, 0.29) is 19.7 Å². The lowest BCUT2D eigenvalue weighted by atomic mass is 10.2. The highest BCUT2D eigenvalue weighted by Crippen LogP contribution is 2.14. The second-order valence-corrected chi connectivity index (χ2v) is 3.10. The Labute approximate surface area is 96.8 Å². The third kappa shape index (κ3) is 3.07. The Hall–Kier alpha value is -1.82. The van der Waals surface area contributed by atoms with E-state index in [0.29, 0.717) is 4.90 Å². The summed E-state index contributed by atoms with van der Waals surface area (Å²) < 4.78 is 31.4. The summed E-state index contributed by atoms with van der Waals surface area (Å²) in [7, 11) is 0. The van der Waals surface area contributed by atoms with Crippen molar-refractivity contribution in [3.05, 3.63) is 35.4 Å². The van der Waals surface area contributed by atoms with Crippen LogP contribution in [0, 0.1) is 11.6 Å². The van der Waals surface area contributed by atoms with Gasteiger partial charge in [-0.05, 0) is 19.1 Å². The molecule has 0 fully saturated rings. The van der Waals surface area contributed by atoms with Gasteiger partial charge in [0.1, 0.15) is 23.9 Å². The van der Waals surface area contributed by atoms with Crippen LogP contribution in [0.1, 0.15) is 17.3 Å². The summed E-state index contributed by atoms with van der Waals surface area (Å²) in [5, 5.41) is 0. The van der Waals surface area contributed by atoms with E-state index in [9.17, 15) is 18.4 Å². The molecule has 4 nitrogen and oxygen atoms in total. The molecule has 0 aliphatic carbocycles. The smallest absolute Gasteiger partial charge is 0.268 e. The summed E-state index contributed by atoms with van der Waals surface area (Å²) in [6.45, 7) is 1.60. The zero-order valence-corrected chi connectivity index (χ0v) is 9.15. The molecule has 17 heavy (non-hydrogen) atoms. The van der Waals surface area contributed by atoms with Gasteiger partial charge < -0.3 is 4.74 Å². The maximum Gasteiger partial charge on any atom is 0.268 e. The molecule has 0 aliphatic rings. The van der Waals surface area contributed by atoms with Crippen molar-refractivity contribution in [1.82, 2.24) is 4.90 Å². The van der Waals surface area contributed by atoms with Crippen LogP contribution in [0.4, 0.5) is 8.78 Å². The van der Waals surface area contributed by atoms with Gasteiger partial charge in [0.15, 0.2) is 0 Å². The molecule has 0 unspecified atom stereocenters. The quantitative estimate of drug-likeness (QED) is 0.582. The molecule has 0 radical (unpaired) electrons. The first kappa shape index (κ1) is 13.2. The van der Waals surface area contributed by atoms with E-state index in [1.165, 1.54) is 0 Å². The van der Waals surface area contributed by atoms with Gasteiger partial charge in [0, 0.05) is 6.61 Å². The fourth-order valence-electron chi connectivity index (χ4n) is 1.17. The van der Waals surface area contributed by atoms with Crippen molar-refractivity contribution in [2.45, 2.75) is 6.92 Å². The maximum atomic E-state index is 13.3. The summed E-state index contributed by atoms with van der Waals surface area (Å²) in [4.78, 5) is 22.8. The number of rotatable bonds is 5. The summed E-state index contributed by atoms with van der Waals surface area (Å²) in [6.07, 6.45) is 0.171. The van der Waals surface area contributed by atoms with Gasteiger partial charge in [-0.2, -0.15) is 0 Å². The van der Waals surface area contributed by atoms with Gasteiger partial charge in [0.25, 0.3) is 5.91 Å². The third-order valence-electron chi connectivity index (χ3n) is 2.00. The summed E-state index contributed by atoms with van der Waals surface area (Å²) in [5.74, 6) is -3.10. The Morgan fingerprint density at radius 3 is 2.47 bits per heavy atom. The van der Waals surface area contributed by atoms with E-state index in [1.807, 2.05) is 0 Å². The van der Waals surface area contributed by atoms with Crippen molar-refractivity contribution >= 4 is 12.3 Å². The molecule has 6 heteroatoms. The molecule has 0 heterocycles. The van der Waals surface area contributed by atoms with E-state index in [2.05, 4.69) is 0 Å². The van der Waals surface area contributed by atoms with Gasteiger partial charge in [0.2, 0.25) is 6.41 Å². The average Bonchev–Trinajstić information content (AvgIpc) is 2.30. The van der Waals surface area contributed by atoms with E-state index in [4.69, 9.17) is 4.74 Å². The van der Waals surface area contributed by atoms with Crippen LogP contribution < -0.4 is 0 Å². The number of imide groups is 1. The zero-order chi connectivity index (χ0) is 12.8. The molecule has 0 aromatic heterocycles. The molecule has 0 atom stereocenters. The number of carbonyl (C=O) groups is 2. The molecule has 0 saturated heterocycles. The molecule has 1 aromatic rings. The Morgan fingerprint density at radius 2 is 2.00 bits per heavy atom. The highest BCUT2D eigenvalue weighted by molar-refractivity contribution is 6.00. The maximum absolute atomic E-state index is 13.3.